The Kier molecular flexibility index (Phi) is 5.36. The van der Waals surface area contributed by atoms with Crippen molar-refractivity contribution in [1.29, 1.82) is 0 Å². The van der Waals surface area contributed by atoms with E-state index in [0.29, 0.717) is 6.04 Å². The topological polar surface area (TPSA) is 39.1 Å². The summed E-state index contributed by atoms with van der Waals surface area (Å²) in [6.07, 6.45) is 5.96. The van der Waals surface area contributed by atoms with Gasteiger partial charge in [-0.25, -0.2) is 4.98 Å². The molecule has 1 rings (SSSR count). The minimum absolute atomic E-state index is 0.341. The smallest absolute Gasteiger partial charge is 0.110 e. The molecule has 0 aromatic carbocycles. The number of likely N-dealkylation sites (N-methyl/N-ethyl adjacent to an activating group) is 1. The third kappa shape index (κ3) is 3.64. The lowest BCUT2D eigenvalue weighted by Crippen LogP contribution is -2.33. The third-order valence-corrected chi connectivity index (χ3v) is 2.47. The highest BCUT2D eigenvalue weighted by molar-refractivity contribution is 4.95. The lowest BCUT2D eigenvalue weighted by molar-refractivity contribution is 0.168. The number of rotatable bonds is 7. The van der Waals surface area contributed by atoms with Gasteiger partial charge in [0.25, 0.3) is 0 Å². The number of hydrogen-bond acceptors (Lipinski definition) is 3. The van der Waals surface area contributed by atoms with Crippen molar-refractivity contribution in [2.24, 2.45) is 0 Å². The van der Waals surface area contributed by atoms with Crippen molar-refractivity contribution in [3.8, 4) is 0 Å². The molecule has 4 heteroatoms. The lowest BCUT2D eigenvalue weighted by Gasteiger charge is -2.15. The van der Waals surface area contributed by atoms with E-state index in [0.717, 1.165) is 31.8 Å². The van der Waals surface area contributed by atoms with Crippen molar-refractivity contribution in [3.63, 3.8) is 0 Å². The molecule has 15 heavy (non-hydrogen) atoms. The van der Waals surface area contributed by atoms with E-state index < -0.39 is 0 Å². The molecule has 1 N–H and O–H groups in total. The molecule has 0 fully saturated rings. The molecule has 1 unspecified atom stereocenters. The second-order valence-corrected chi connectivity index (χ2v) is 3.68. The second-order valence-electron chi connectivity index (χ2n) is 3.68. The van der Waals surface area contributed by atoms with E-state index in [4.69, 9.17) is 4.74 Å². The zero-order valence-corrected chi connectivity index (χ0v) is 9.86. The minimum atomic E-state index is 0.341. The molecule has 0 amide bonds. The van der Waals surface area contributed by atoms with Gasteiger partial charge < -0.3 is 14.6 Å². The highest BCUT2D eigenvalue weighted by Gasteiger charge is 2.10. The maximum Gasteiger partial charge on any atom is 0.110 e. The van der Waals surface area contributed by atoms with Crippen LogP contribution in [0.1, 0.15) is 19.2 Å². The molecule has 1 heterocycles. The molecule has 0 saturated heterocycles. The van der Waals surface area contributed by atoms with Crippen LogP contribution in [0.3, 0.4) is 0 Å². The quantitative estimate of drug-likeness (QED) is 0.733. The first kappa shape index (κ1) is 12.2. The summed E-state index contributed by atoms with van der Waals surface area (Å²) in [7, 11) is 3.68. The Labute approximate surface area is 91.7 Å². The summed E-state index contributed by atoms with van der Waals surface area (Å²) in [5.74, 6) is 1.13. The fourth-order valence-electron chi connectivity index (χ4n) is 1.64. The molecular weight excluding hydrogens is 190 g/mol. The largest absolute Gasteiger partial charge is 0.383 e. The molecule has 0 radical (unpaired) electrons. The van der Waals surface area contributed by atoms with Crippen molar-refractivity contribution in [2.75, 3.05) is 20.8 Å². The Balaban J connectivity index is 2.57. The summed E-state index contributed by atoms with van der Waals surface area (Å²) < 4.78 is 7.35. The van der Waals surface area contributed by atoms with Gasteiger partial charge in [-0.15, -0.1) is 0 Å². The van der Waals surface area contributed by atoms with Crippen molar-refractivity contribution in [3.05, 3.63) is 18.2 Å². The predicted molar refractivity (Wildman–Crippen MR) is 60.9 cm³/mol. The van der Waals surface area contributed by atoms with Crippen molar-refractivity contribution < 1.29 is 4.74 Å². The van der Waals surface area contributed by atoms with Crippen LogP contribution in [0, 0.1) is 0 Å². The Morgan fingerprint density at radius 3 is 3.00 bits per heavy atom. The van der Waals surface area contributed by atoms with Crippen LogP contribution in [0.5, 0.6) is 0 Å². The summed E-state index contributed by atoms with van der Waals surface area (Å²) in [5, 5.41) is 3.23. The molecule has 4 nitrogen and oxygen atoms in total. The summed E-state index contributed by atoms with van der Waals surface area (Å²) in [6, 6.07) is 0.341. The second kappa shape index (κ2) is 6.58. The van der Waals surface area contributed by atoms with Crippen molar-refractivity contribution in [1.82, 2.24) is 14.9 Å². The Morgan fingerprint density at radius 1 is 1.60 bits per heavy atom. The molecule has 0 aliphatic heterocycles. The number of methoxy groups -OCH3 is 1. The first-order valence-electron chi connectivity index (χ1n) is 5.48. The normalized spacial score (nSPS) is 13.0. The number of imidazole rings is 1. The number of ether oxygens (including phenoxy) is 1. The summed E-state index contributed by atoms with van der Waals surface area (Å²) >= 11 is 0. The SMILES string of the molecule is CCCn1ccnc1CC(COC)NC. The maximum absolute atomic E-state index is 5.14. The van der Waals surface area contributed by atoms with Gasteiger partial charge in [-0.05, 0) is 13.5 Å². The van der Waals surface area contributed by atoms with Crippen LogP contribution < -0.4 is 5.32 Å². The van der Waals surface area contributed by atoms with Gasteiger partial charge >= 0.3 is 0 Å². The fraction of sp³-hybridized carbons (Fsp3) is 0.727. The van der Waals surface area contributed by atoms with Crippen molar-refractivity contribution in [2.45, 2.75) is 32.4 Å². The van der Waals surface area contributed by atoms with Crippen LogP contribution in [0.4, 0.5) is 0 Å². The van der Waals surface area contributed by atoms with Crippen LogP contribution in [0.15, 0.2) is 12.4 Å². The number of hydrogen-bond donors (Lipinski definition) is 1. The molecule has 0 aliphatic carbocycles. The van der Waals surface area contributed by atoms with Gasteiger partial charge in [-0.3, -0.25) is 0 Å². The van der Waals surface area contributed by atoms with Gasteiger partial charge in [0.05, 0.1) is 6.61 Å². The van der Waals surface area contributed by atoms with E-state index in [1.165, 1.54) is 0 Å². The van der Waals surface area contributed by atoms with E-state index in [2.05, 4.69) is 21.8 Å². The van der Waals surface area contributed by atoms with E-state index in [1.807, 2.05) is 19.4 Å². The van der Waals surface area contributed by atoms with E-state index in [9.17, 15) is 0 Å². The zero-order valence-electron chi connectivity index (χ0n) is 9.86. The van der Waals surface area contributed by atoms with E-state index >= 15 is 0 Å². The summed E-state index contributed by atoms with van der Waals surface area (Å²) in [6.45, 7) is 3.93. The molecule has 0 spiro atoms. The van der Waals surface area contributed by atoms with Crippen molar-refractivity contribution >= 4 is 0 Å². The Morgan fingerprint density at radius 2 is 2.40 bits per heavy atom. The lowest BCUT2D eigenvalue weighted by atomic mass is 10.2. The average molecular weight is 211 g/mol. The zero-order chi connectivity index (χ0) is 11.1. The van der Waals surface area contributed by atoms with Crippen LogP contribution >= 0.6 is 0 Å². The minimum Gasteiger partial charge on any atom is -0.383 e. The molecular formula is C11H21N3O. The number of nitrogens with one attached hydrogen (secondary N) is 1. The fourth-order valence-corrected chi connectivity index (χ4v) is 1.64. The maximum atomic E-state index is 5.14. The van der Waals surface area contributed by atoms with Crippen LogP contribution in [-0.4, -0.2) is 36.4 Å². The molecule has 1 atom stereocenters. The predicted octanol–water partition coefficient (Wildman–Crippen LogP) is 1.07. The number of nitrogens with zero attached hydrogens (tertiary/aromatic N) is 2. The highest BCUT2D eigenvalue weighted by atomic mass is 16.5. The first-order chi connectivity index (χ1) is 7.31. The van der Waals surface area contributed by atoms with Gasteiger partial charge in [0.1, 0.15) is 5.82 Å². The summed E-state index contributed by atoms with van der Waals surface area (Å²) in [4.78, 5) is 4.37. The molecule has 1 aromatic heterocycles. The Bertz CT molecular complexity index is 273. The molecule has 1 aromatic rings. The molecule has 86 valence electrons. The van der Waals surface area contributed by atoms with Crippen LogP contribution in [0.2, 0.25) is 0 Å². The molecule has 0 aliphatic rings. The van der Waals surface area contributed by atoms with Gasteiger partial charge in [0.2, 0.25) is 0 Å². The van der Waals surface area contributed by atoms with E-state index in [1.54, 1.807) is 7.11 Å². The standard InChI is InChI=1S/C11H21N3O/c1-4-6-14-7-5-13-11(14)8-10(12-2)9-15-3/h5,7,10,12H,4,6,8-9H2,1-3H3. The van der Waals surface area contributed by atoms with Gasteiger partial charge in [-0.2, -0.15) is 0 Å². The summed E-state index contributed by atoms with van der Waals surface area (Å²) in [5.41, 5.74) is 0. The number of aryl methyl sites for hydroxylation is 1. The van der Waals surface area contributed by atoms with Gasteiger partial charge in [0.15, 0.2) is 0 Å². The molecule has 0 bridgehead atoms. The average Bonchev–Trinajstić information content (AvgIpc) is 2.66. The van der Waals surface area contributed by atoms with Crippen LogP contribution in [-0.2, 0) is 17.7 Å². The highest BCUT2D eigenvalue weighted by Crippen LogP contribution is 2.03. The van der Waals surface area contributed by atoms with Crippen LogP contribution in [0.25, 0.3) is 0 Å². The van der Waals surface area contributed by atoms with Gasteiger partial charge in [-0.1, -0.05) is 6.92 Å². The molecule has 0 saturated carbocycles. The van der Waals surface area contributed by atoms with E-state index in [-0.39, 0.29) is 0 Å². The Hall–Kier alpha value is -0.870. The van der Waals surface area contributed by atoms with Gasteiger partial charge in [0, 0.05) is 38.5 Å². The third-order valence-electron chi connectivity index (χ3n) is 2.47. The first-order valence-corrected chi connectivity index (χ1v) is 5.48. The monoisotopic (exact) mass is 211 g/mol. The number of aromatic nitrogens is 2.